The molecule has 0 radical (unpaired) electrons. The number of carbonyl (C=O) groups is 2. The Bertz CT molecular complexity index is 775. The van der Waals surface area contributed by atoms with Crippen molar-refractivity contribution < 1.29 is 14.8 Å². The quantitative estimate of drug-likeness (QED) is 0.221. The maximum Gasteiger partial charge on any atom is 0.164 e. The number of oxime groups is 1. The summed E-state index contributed by atoms with van der Waals surface area (Å²) in [7, 11) is 0. The van der Waals surface area contributed by atoms with Gasteiger partial charge >= 0.3 is 0 Å². The van der Waals surface area contributed by atoms with Gasteiger partial charge in [0.05, 0.1) is 0 Å². The van der Waals surface area contributed by atoms with Crippen LogP contribution in [0.25, 0.3) is 0 Å². The van der Waals surface area contributed by atoms with E-state index in [4.69, 9.17) is 10.9 Å². The van der Waals surface area contributed by atoms with Gasteiger partial charge in [0, 0.05) is 40.5 Å². The number of nitrogens with zero attached hydrogens (tertiary/aromatic N) is 1. The Balaban J connectivity index is 1.57. The summed E-state index contributed by atoms with van der Waals surface area (Å²) in [5, 5.41) is 12.0. The van der Waals surface area contributed by atoms with Gasteiger partial charge in [-0.05, 0) is 55.9 Å². The zero-order valence-electron chi connectivity index (χ0n) is 15.7. The Kier molecular flexibility index (Phi) is 5.35. The molecule has 3 aliphatic carbocycles. The molecule has 146 valence electrons. The highest BCUT2D eigenvalue weighted by Crippen LogP contribution is 2.41. The average Bonchev–Trinajstić information content (AvgIpc) is 3.56. The highest BCUT2D eigenvalue weighted by atomic mass is 32.1. The number of Topliss-reactive ketones (excluding diaryl/α,β-unsaturated/α-hetero) is 2. The van der Waals surface area contributed by atoms with Crippen molar-refractivity contribution in [1.82, 2.24) is 0 Å². The number of nitrogens with two attached hydrogens (primary N) is 1. The van der Waals surface area contributed by atoms with Gasteiger partial charge in [-0.1, -0.05) is 18.0 Å². The Morgan fingerprint density at radius 1 is 1.15 bits per heavy atom. The maximum atomic E-state index is 13.1. The minimum absolute atomic E-state index is 0.224. The van der Waals surface area contributed by atoms with Crippen molar-refractivity contribution in [1.29, 1.82) is 0 Å². The molecule has 1 aromatic heterocycles. The molecule has 2 saturated carbocycles. The predicted octanol–water partition coefficient (Wildman–Crippen LogP) is 3.88. The van der Waals surface area contributed by atoms with Crippen LogP contribution in [0.15, 0.2) is 5.16 Å². The number of thiophene rings is 1. The zero-order valence-corrected chi connectivity index (χ0v) is 16.5. The fourth-order valence-corrected chi connectivity index (χ4v) is 5.63. The van der Waals surface area contributed by atoms with Crippen molar-refractivity contribution in [2.45, 2.75) is 70.6 Å². The molecule has 0 aliphatic heterocycles. The fraction of sp³-hybridized carbons (Fsp3) is 0.667. The number of carbonyl (C=O) groups excluding carboxylic acids is 2. The molecule has 3 aliphatic rings. The van der Waals surface area contributed by atoms with Crippen LogP contribution in [0.4, 0.5) is 0 Å². The molecule has 1 atom stereocenters. The lowest BCUT2D eigenvalue weighted by Gasteiger charge is -2.22. The van der Waals surface area contributed by atoms with Crippen molar-refractivity contribution in [3.05, 3.63) is 20.9 Å². The van der Waals surface area contributed by atoms with E-state index in [0.29, 0.717) is 31.0 Å². The topological polar surface area (TPSA) is 92.8 Å². The number of aryl methyl sites for hydroxylation is 1. The molecule has 27 heavy (non-hydrogen) atoms. The second-order valence-corrected chi connectivity index (χ2v) is 9.72. The molecule has 0 spiro atoms. The van der Waals surface area contributed by atoms with Gasteiger partial charge in [0.15, 0.2) is 5.78 Å². The van der Waals surface area contributed by atoms with E-state index < -0.39 is 0 Å². The average molecular weight is 389 g/mol. The van der Waals surface area contributed by atoms with E-state index in [9.17, 15) is 9.59 Å². The van der Waals surface area contributed by atoms with Gasteiger partial charge < -0.3 is 10.9 Å². The Morgan fingerprint density at radius 3 is 2.59 bits per heavy atom. The summed E-state index contributed by atoms with van der Waals surface area (Å²) >= 11 is 1.69. The summed E-state index contributed by atoms with van der Waals surface area (Å²) in [6, 6.07) is 0. The second-order valence-electron chi connectivity index (χ2n) is 8.53. The normalized spacial score (nSPS) is 22.5. The van der Waals surface area contributed by atoms with E-state index in [2.05, 4.69) is 5.16 Å². The van der Waals surface area contributed by atoms with Gasteiger partial charge in [0.2, 0.25) is 0 Å². The van der Waals surface area contributed by atoms with Crippen molar-refractivity contribution >= 4 is 28.7 Å². The second kappa shape index (κ2) is 7.74. The van der Waals surface area contributed by atoms with Crippen LogP contribution in [0.3, 0.4) is 0 Å². The van der Waals surface area contributed by atoms with Gasteiger partial charge in [-0.3, -0.25) is 9.59 Å². The Morgan fingerprint density at radius 2 is 1.93 bits per heavy atom. The van der Waals surface area contributed by atoms with Crippen LogP contribution in [-0.4, -0.2) is 22.6 Å². The molecule has 2 fully saturated rings. The molecule has 6 heteroatoms. The summed E-state index contributed by atoms with van der Waals surface area (Å²) in [6.07, 6.45) is 9.79. The van der Waals surface area contributed by atoms with Crippen molar-refractivity contribution in [2.24, 2.45) is 28.6 Å². The third-order valence-corrected chi connectivity index (χ3v) is 7.48. The number of ketones is 2. The summed E-state index contributed by atoms with van der Waals surface area (Å²) in [5.74, 6) is 2.04. The van der Waals surface area contributed by atoms with Gasteiger partial charge in [-0.25, -0.2) is 0 Å². The van der Waals surface area contributed by atoms with E-state index in [1.807, 2.05) is 0 Å². The van der Waals surface area contributed by atoms with Crippen LogP contribution >= 0.6 is 11.3 Å². The first-order chi connectivity index (χ1) is 13.0. The first-order valence-corrected chi connectivity index (χ1v) is 11.0. The lowest BCUT2D eigenvalue weighted by Crippen LogP contribution is -2.22. The van der Waals surface area contributed by atoms with Crippen LogP contribution in [0, 0.1) is 17.8 Å². The molecule has 0 amide bonds. The van der Waals surface area contributed by atoms with Gasteiger partial charge in [-0.15, -0.1) is 11.3 Å². The third-order valence-electron chi connectivity index (χ3n) is 6.19. The van der Waals surface area contributed by atoms with Crippen LogP contribution in [0.1, 0.15) is 77.0 Å². The highest BCUT2D eigenvalue weighted by Gasteiger charge is 2.34. The molecule has 3 N–H and O–H groups in total. The van der Waals surface area contributed by atoms with E-state index in [0.717, 1.165) is 60.4 Å². The predicted molar refractivity (Wildman–Crippen MR) is 106 cm³/mol. The van der Waals surface area contributed by atoms with Crippen molar-refractivity contribution in [2.75, 3.05) is 0 Å². The summed E-state index contributed by atoms with van der Waals surface area (Å²) in [5.41, 5.74) is 7.72. The molecular formula is C21H28N2O3S. The van der Waals surface area contributed by atoms with Crippen LogP contribution in [0.2, 0.25) is 0 Å². The summed E-state index contributed by atoms with van der Waals surface area (Å²) in [4.78, 5) is 27.8. The molecule has 5 nitrogen and oxygen atoms in total. The maximum absolute atomic E-state index is 13.1. The largest absolute Gasteiger partial charge is 0.409 e. The van der Waals surface area contributed by atoms with Crippen molar-refractivity contribution in [3.8, 4) is 0 Å². The van der Waals surface area contributed by atoms with Crippen LogP contribution in [0.5, 0.6) is 0 Å². The number of hydrogen-bond acceptors (Lipinski definition) is 5. The van der Waals surface area contributed by atoms with E-state index in [1.165, 1.54) is 17.7 Å². The minimum Gasteiger partial charge on any atom is -0.409 e. The smallest absolute Gasteiger partial charge is 0.164 e. The molecule has 0 bridgehead atoms. The molecule has 1 heterocycles. The molecular weight excluding hydrogens is 360 g/mol. The Labute approximate surface area is 164 Å². The van der Waals surface area contributed by atoms with Gasteiger partial charge in [0.1, 0.15) is 11.6 Å². The fourth-order valence-electron chi connectivity index (χ4n) is 4.25. The number of amidine groups is 1. The first-order valence-electron chi connectivity index (χ1n) is 10.2. The monoisotopic (exact) mass is 388 g/mol. The lowest BCUT2D eigenvalue weighted by molar-refractivity contribution is -0.119. The number of hydrogen-bond donors (Lipinski definition) is 2. The standard InChI is InChI=1S/C21H28N2O3S/c22-20(23-26)10-13-4-8-18-15(9-13)21(16(24)7-3-12-1-2-12)19(27-18)11-17(25)14-5-6-14/h12-14,26H,1-11H2,(H2,22,23). The van der Waals surface area contributed by atoms with Crippen LogP contribution in [-0.2, 0) is 24.1 Å². The minimum atomic E-state index is 0.224. The summed E-state index contributed by atoms with van der Waals surface area (Å²) < 4.78 is 0. The lowest BCUT2D eigenvalue weighted by atomic mass is 9.82. The van der Waals surface area contributed by atoms with Crippen LogP contribution < -0.4 is 5.73 Å². The van der Waals surface area contributed by atoms with Gasteiger partial charge in [-0.2, -0.15) is 0 Å². The molecule has 4 rings (SSSR count). The third kappa shape index (κ3) is 4.42. The molecule has 1 aromatic rings. The highest BCUT2D eigenvalue weighted by molar-refractivity contribution is 7.12. The number of fused-ring (bicyclic) bond motifs is 1. The van der Waals surface area contributed by atoms with Gasteiger partial charge in [0.25, 0.3) is 0 Å². The molecule has 0 saturated heterocycles. The van der Waals surface area contributed by atoms with E-state index in [-0.39, 0.29) is 17.5 Å². The first kappa shape index (κ1) is 18.7. The molecule has 1 unspecified atom stereocenters. The SMILES string of the molecule is NC(CC1CCc2sc(CC(=O)C3CC3)c(C(=O)CCC3CC3)c2C1)=NO. The molecule has 0 aromatic carbocycles. The summed E-state index contributed by atoms with van der Waals surface area (Å²) in [6.45, 7) is 0. The van der Waals surface area contributed by atoms with Crippen molar-refractivity contribution in [3.63, 3.8) is 0 Å². The number of rotatable bonds is 9. The van der Waals surface area contributed by atoms with E-state index >= 15 is 0 Å². The Hall–Kier alpha value is -1.69. The van der Waals surface area contributed by atoms with E-state index in [1.54, 1.807) is 11.3 Å². The zero-order chi connectivity index (χ0) is 19.0.